The molecule has 0 spiro atoms. The molecule has 0 bridgehead atoms. The Kier molecular flexibility index (Phi) is 5.74. The van der Waals surface area contributed by atoms with E-state index in [2.05, 4.69) is 20.7 Å². The van der Waals surface area contributed by atoms with Crippen molar-refractivity contribution < 1.29 is 14.7 Å². The van der Waals surface area contributed by atoms with E-state index in [4.69, 9.17) is 0 Å². The first-order valence-electron chi connectivity index (χ1n) is 8.10. The molecule has 0 unspecified atom stereocenters. The zero-order valence-corrected chi connectivity index (χ0v) is 14.7. The third-order valence-corrected chi connectivity index (χ3v) is 3.92. The van der Waals surface area contributed by atoms with Crippen LogP contribution in [0.1, 0.15) is 44.2 Å². The van der Waals surface area contributed by atoms with Gasteiger partial charge in [-0.1, -0.05) is 6.92 Å². The first-order valence-corrected chi connectivity index (χ1v) is 8.10. The molecule has 3 N–H and O–H groups in total. The number of rotatable bonds is 6. The van der Waals surface area contributed by atoms with Crippen molar-refractivity contribution in [1.82, 2.24) is 20.1 Å². The maximum absolute atomic E-state index is 12.3. The first kappa shape index (κ1) is 18.4. The fraction of sp³-hybridized carbons (Fsp3) is 0.412. The number of nitrogens with zero attached hydrogens (tertiary/aromatic N) is 3. The highest BCUT2D eigenvalue weighted by molar-refractivity contribution is 5.95. The number of carbonyl (C=O) groups excluding carboxylic acids is 2. The maximum atomic E-state index is 12.3. The number of nitrogens with one attached hydrogen (secondary N) is 2. The number of carbonyl (C=O) groups is 2. The van der Waals surface area contributed by atoms with Gasteiger partial charge < -0.3 is 15.7 Å². The molecule has 8 nitrogen and oxygen atoms in total. The predicted octanol–water partition coefficient (Wildman–Crippen LogP) is 1.96. The number of aromatic hydroxyl groups is 1. The Balaban J connectivity index is 1.96. The van der Waals surface area contributed by atoms with Gasteiger partial charge in [-0.25, -0.2) is 4.98 Å². The summed E-state index contributed by atoms with van der Waals surface area (Å²) in [7, 11) is 0. The molecule has 0 aliphatic carbocycles. The third kappa shape index (κ3) is 4.56. The van der Waals surface area contributed by atoms with Crippen LogP contribution < -0.4 is 10.6 Å². The van der Waals surface area contributed by atoms with Crippen LogP contribution in [0.2, 0.25) is 0 Å². The molecule has 2 atom stereocenters. The molecular weight excluding hydrogens is 322 g/mol. The van der Waals surface area contributed by atoms with E-state index < -0.39 is 12.0 Å². The van der Waals surface area contributed by atoms with E-state index in [9.17, 15) is 14.7 Å². The van der Waals surface area contributed by atoms with Gasteiger partial charge in [0.2, 0.25) is 5.91 Å². The summed E-state index contributed by atoms with van der Waals surface area (Å²) in [5.41, 5.74) is 0.301. The number of hydrogen-bond donors (Lipinski definition) is 3. The van der Waals surface area contributed by atoms with Gasteiger partial charge in [0.1, 0.15) is 5.69 Å². The molecule has 2 amide bonds. The summed E-state index contributed by atoms with van der Waals surface area (Å²) >= 11 is 0. The van der Waals surface area contributed by atoms with Crippen molar-refractivity contribution in [3.05, 3.63) is 36.3 Å². The van der Waals surface area contributed by atoms with Gasteiger partial charge in [0.25, 0.3) is 5.91 Å². The molecule has 0 aromatic carbocycles. The average Bonchev–Trinajstić information content (AvgIpc) is 3.06. The quantitative estimate of drug-likeness (QED) is 0.741. The molecular formula is C17H23N5O3. The lowest BCUT2D eigenvalue weighted by Gasteiger charge is -2.20. The Labute approximate surface area is 146 Å². The van der Waals surface area contributed by atoms with Crippen LogP contribution in [0.25, 0.3) is 0 Å². The predicted molar refractivity (Wildman–Crippen MR) is 93.2 cm³/mol. The van der Waals surface area contributed by atoms with Crippen molar-refractivity contribution in [2.75, 3.05) is 5.32 Å². The van der Waals surface area contributed by atoms with Crippen LogP contribution in [-0.2, 0) is 4.79 Å². The van der Waals surface area contributed by atoms with Crippen LogP contribution in [-0.4, -0.2) is 37.7 Å². The molecule has 8 heteroatoms. The molecule has 0 saturated carbocycles. The summed E-state index contributed by atoms with van der Waals surface area (Å²) in [4.78, 5) is 28.4. The highest BCUT2D eigenvalue weighted by Crippen LogP contribution is 2.19. The third-order valence-electron chi connectivity index (χ3n) is 3.92. The van der Waals surface area contributed by atoms with Crippen molar-refractivity contribution in [2.45, 2.75) is 39.8 Å². The fourth-order valence-electron chi connectivity index (χ4n) is 2.10. The van der Waals surface area contributed by atoms with Gasteiger partial charge in [0, 0.05) is 24.5 Å². The fourth-order valence-corrected chi connectivity index (χ4v) is 2.10. The van der Waals surface area contributed by atoms with Crippen LogP contribution in [0.4, 0.5) is 5.82 Å². The lowest BCUT2D eigenvalue weighted by Crippen LogP contribution is -2.42. The summed E-state index contributed by atoms with van der Waals surface area (Å²) in [6.07, 6.45) is 3.21. The van der Waals surface area contributed by atoms with Gasteiger partial charge in [-0.05, 0) is 39.0 Å². The van der Waals surface area contributed by atoms with Gasteiger partial charge in [-0.3, -0.25) is 14.3 Å². The van der Waals surface area contributed by atoms with Gasteiger partial charge >= 0.3 is 0 Å². The topological polar surface area (TPSA) is 109 Å². The summed E-state index contributed by atoms with van der Waals surface area (Å²) in [5.74, 6) is -1.24. The summed E-state index contributed by atoms with van der Waals surface area (Å²) in [6.45, 7) is 7.36. The van der Waals surface area contributed by atoms with E-state index in [1.165, 1.54) is 12.3 Å². The van der Waals surface area contributed by atoms with Gasteiger partial charge in [0.15, 0.2) is 11.6 Å². The second-order valence-electron chi connectivity index (χ2n) is 6.19. The molecule has 0 aliphatic rings. The van der Waals surface area contributed by atoms with Crippen molar-refractivity contribution in [3.63, 3.8) is 0 Å². The van der Waals surface area contributed by atoms with Gasteiger partial charge in [-0.15, -0.1) is 0 Å². The smallest absolute Gasteiger partial charge is 0.272 e. The van der Waals surface area contributed by atoms with Crippen LogP contribution in [0, 0.1) is 5.92 Å². The Morgan fingerprint density at radius 3 is 2.52 bits per heavy atom. The Bertz CT molecular complexity index is 756. The van der Waals surface area contributed by atoms with Crippen LogP contribution in [0.15, 0.2) is 30.6 Å². The van der Waals surface area contributed by atoms with E-state index in [0.29, 0.717) is 5.69 Å². The summed E-state index contributed by atoms with van der Waals surface area (Å²) < 4.78 is 1.69. The minimum Gasteiger partial charge on any atom is -0.504 e. The molecule has 134 valence electrons. The SMILES string of the molecule is CC(C)n1ccc(C(=O)N[C@H](C)[C@@H](C)C(=O)Nc2ncccc2O)n1. The lowest BCUT2D eigenvalue weighted by molar-refractivity contribution is -0.120. The molecule has 0 fully saturated rings. The molecule has 2 aromatic rings. The van der Waals surface area contributed by atoms with Crippen LogP contribution in [0.5, 0.6) is 5.75 Å². The molecule has 0 saturated heterocycles. The summed E-state index contributed by atoms with van der Waals surface area (Å²) in [5, 5.41) is 19.2. The standard InChI is InChI=1S/C17H23N5O3/c1-10(2)22-9-7-13(21-22)17(25)19-12(4)11(3)16(24)20-15-14(23)6-5-8-18-15/h5-12,23H,1-4H3,(H,19,25)(H,18,20,24)/t11-,12-/m1/s1. The molecule has 2 rings (SSSR count). The largest absolute Gasteiger partial charge is 0.504 e. The monoisotopic (exact) mass is 345 g/mol. The lowest BCUT2D eigenvalue weighted by atomic mass is 10.0. The first-order chi connectivity index (χ1) is 11.8. The maximum Gasteiger partial charge on any atom is 0.272 e. The Morgan fingerprint density at radius 2 is 1.92 bits per heavy atom. The van der Waals surface area contributed by atoms with Crippen molar-refractivity contribution in [3.8, 4) is 5.75 Å². The Hall–Kier alpha value is -2.90. The number of pyridine rings is 1. The summed E-state index contributed by atoms with van der Waals surface area (Å²) in [6, 6.07) is 4.37. The number of aromatic nitrogens is 3. The minimum atomic E-state index is -0.530. The zero-order valence-electron chi connectivity index (χ0n) is 14.7. The minimum absolute atomic E-state index is 0.0913. The van der Waals surface area contributed by atoms with E-state index in [1.807, 2.05) is 13.8 Å². The number of hydrogen-bond acceptors (Lipinski definition) is 5. The number of amides is 2. The second-order valence-corrected chi connectivity index (χ2v) is 6.19. The van der Waals surface area contributed by atoms with Gasteiger partial charge in [-0.2, -0.15) is 5.10 Å². The average molecular weight is 345 g/mol. The van der Waals surface area contributed by atoms with Gasteiger partial charge in [0.05, 0.1) is 5.92 Å². The highest BCUT2D eigenvalue weighted by Gasteiger charge is 2.24. The van der Waals surface area contributed by atoms with E-state index in [1.54, 1.807) is 36.9 Å². The van der Waals surface area contributed by atoms with Crippen molar-refractivity contribution >= 4 is 17.6 Å². The van der Waals surface area contributed by atoms with Crippen LogP contribution >= 0.6 is 0 Å². The van der Waals surface area contributed by atoms with Crippen LogP contribution in [0.3, 0.4) is 0 Å². The van der Waals surface area contributed by atoms with Crippen molar-refractivity contribution in [1.29, 1.82) is 0 Å². The molecule has 2 aromatic heterocycles. The van der Waals surface area contributed by atoms with Crippen molar-refractivity contribution in [2.24, 2.45) is 5.92 Å². The molecule has 0 aliphatic heterocycles. The highest BCUT2D eigenvalue weighted by atomic mass is 16.3. The Morgan fingerprint density at radius 1 is 1.20 bits per heavy atom. The second kappa shape index (κ2) is 7.78. The zero-order chi connectivity index (χ0) is 18.6. The van der Waals surface area contributed by atoms with E-state index in [0.717, 1.165) is 0 Å². The molecule has 25 heavy (non-hydrogen) atoms. The normalized spacial score (nSPS) is 13.3. The molecule has 2 heterocycles. The van der Waals surface area contributed by atoms with E-state index in [-0.39, 0.29) is 29.4 Å². The van der Waals surface area contributed by atoms with E-state index >= 15 is 0 Å². The molecule has 0 radical (unpaired) electrons. The number of anilines is 1.